The Morgan fingerprint density at radius 2 is 2.19 bits per heavy atom. The van der Waals surface area contributed by atoms with Crippen molar-refractivity contribution in [2.24, 2.45) is 0 Å². The molecule has 1 aliphatic heterocycles. The van der Waals surface area contributed by atoms with Crippen molar-refractivity contribution >= 4 is 74.8 Å². The number of hydrogen-bond acceptors (Lipinski definition) is 6. The van der Waals surface area contributed by atoms with Crippen LogP contribution in [0.4, 0.5) is 5.69 Å². The summed E-state index contributed by atoms with van der Waals surface area (Å²) in [7, 11) is 0. The first kappa shape index (κ1) is 18.9. The fraction of sp³-hybridized carbons (Fsp3) is 0.118. The van der Waals surface area contributed by atoms with Crippen LogP contribution in [0, 0.1) is 0 Å². The molecule has 0 radical (unpaired) electrons. The number of thiocarbonyl (C=S) groups is 1. The van der Waals surface area contributed by atoms with Crippen LogP contribution in [0.2, 0.25) is 5.02 Å². The first-order valence-corrected chi connectivity index (χ1v) is 9.99. The molecule has 1 aliphatic rings. The van der Waals surface area contributed by atoms with Gasteiger partial charge in [-0.3, -0.25) is 14.5 Å². The topological polar surface area (TPSA) is 69.6 Å². The molecule has 5 nitrogen and oxygen atoms in total. The number of phenolic OH excluding ortho intramolecular Hbond substituents is 1. The van der Waals surface area contributed by atoms with Crippen LogP contribution in [0.15, 0.2) is 40.6 Å². The van der Waals surface area contributed by atoms with Crippen molar-refractivity contribution in [2.45, 2.75) is 6.42 Å². The number of halogens is 1. The molecule has 1 aromatic carbocycles. The zero-order valence-corrected chi connectivity index (χ0v) is 16.5. The SMILES string of the molecule is O=C(CCN1C(=O)/C(=C\c2cccs2)SC1=S)Nc1cc(Cl)ccc1O. The molecule has 1 aromatic heterocycles. The average Bonchev–Trinajstić information content (AvgIpc) is 3.19. The minimum atomic E-state index is -0.348. The van der Waals surface area contributed by atoms with Crippen LogP contribution in [0.3, 0.4) is 0 Å². The lowest BCUT2D eigenvalue weighted by Crippen LogP contribution is -2.31. The predicted molar refractivity (Wildman–Crippen MR) is 111 cm³/mol. The van der Waals surface area contributed by atoms with Gasteiger partial charge in [-0.1, -0.05) is 41.6 Å². The molecule has 134 valence electrons. The number of phenols is 1. The Morgan fingerprint density at radius 1 is 1.38 bits per heavy atom. The summed E-state index contributed by atoms with van der Waals surface area (Å²) in [5, 5.41) is 14.6. The second-order valence-corrected chi connectivity index (χ2v) is 8.40. The molecule has 0 spiro atoms. The number of benzene rings is 1. The van der Waals surface area contributed by atoms with E-state index in [0.29, 0.717) is 14.2 Å². The van der Waals surface area contributed by atoms with E-state index in [1.54, 1.807) is 6.08 Å². The van der Waals surface area contributed by atoms with Gasteiger partial charge in [0.15, 0.2) is 0 Å². The molecule has 1 fully saturated rings. The van der Waals surface area contributed by atoms with Gasteiger partial charge in [0.1, 0.15) is 10.1 Å². The fourth-order valence-electron chi connectivity index (χ4n) is 2.23. The van der Waals surface area contributed by atoms with Crippen molar-refractivity contribution in [3.8, 4) is 5.75 Å². The van der Waals surface area contributed by atoms with E-state index in [0.717, 1.165) is 4.88 Å². The van der Waals surface area contributed by atoms with Gasteiger partial charge in [-0.25, -0.2) is 0 Å². The van der Waals surface area contributed by atoms with Crippen LogP contribution >= 0.6 is 46.9 Å². The molecule has 0 bridgehead atoms. The van der Waals surface area contributed by atoms with Crippen LogP contribution in [0.1, 0.15) is 11.3 Å². The maximum atomic E-state index is 12.5. The quantitative estimate of drug-likeness (QED) is 0.424. The molecule has 2 heterocycles. The normalized spacial score (nSPS) is 15.7. The zero-order chi connectivity index (χ0) is 18.7. The number of thioether (sulfide) groups is 1. The number of aromatic hydroxyl groups is 1. The monoisotopic (exact) mass is 424 g/mol. The third kappa shape index (κ3) is 4.45. The van der Waals surface area contributed by atoms with E-state index in [-0.39, 0.29) is 36.2 Å². The Morgan fingerprint density at radius 3 is 2.92 bits per heavy atom. The van der Waals surface area contributed by atoms with Crippen LogP contribution in [0.25, 0.3) is 6.08 Å². The van der Waals surface area contributed by atoms with Crippen LogP contribution in [0.5, 0.6) is 5.75 Å². The summed E-state index contributed by atoms with van der Waals surface area (Å²) in [5.41, 5.74) is 0.227. The maximum absolute atomic E-state index is 12.5. The van der Waals surface area contributed by atoms with Gasteiger partial charge in [0, 0.05) is 22.9 Å². The van der Waals surface area contributed by atoms with Crippen molar-refractivity contribution in [1.82, 2.24) is 4.90 Å². The molecule has 0 aliphatic carbocycles. The molecular weight excluding hydrogens is 412 g/mol. The lowest BCUT2D eigenvalue weighted by molar-refractivity contribution is -0.122. The number of carbonyl (C=O) groups excluding carboxylic acids is 2. The standard InChI is InChI=1S/C17H13ClN2O3S3/c18-10-3-4-13(21)12(8-10)19-15(22)5-6-20-16(23)14(26-17(20)24)9-11-2-1-7-25-11/h1-4,7-9,21H,5-6H2,(H,19,22)/b14-9+. The third-order valence-electron chi connectivity index (χ3n) is 3.49. The van der Waals surface area contributed by atoms with Gasteiger partial charge in [-0.15, -0.1) is 11.3 Å². The molecule has 2 N–H and O–H groups in total. The number of amides is 2. The van der Waals surface area contributed by atoms with Crippen molar-refractivity contribution in [2.75, 3.05) is 11.9 Å². The molecular formula is C17H13ClN2O3S3. The minimum absolute atomic E-state index is 0.0463. The van der Waals surface area contributed by atoms with Crippen LogP contribution < -0.4 is 5.32 Å². The highest BCUT2D eigenvalue weighted by molar-refractivity contribution is 8.26. The Kier molecular flexibility index (Phi) is 5.98. The summed E-state index contributed by atoms with van der Waals surface area (Å²) in [5.74, 6) is -0.627. The average molecular weight is 425 g/mol. The maximum Gasteiger partial charge on any atom is 0.266 e. The van der Waals surface area contributed by atoms with Crippen molar-refractivity contribution in [3.05, 3.63) is 50.5 Å². The molecule has 2 aromatic rings. The molecule has 1 saturated heterocycles. The summed E-state index contributed by atoms with van der Waals surface area (Å²) in [4.78, 5) is 27.5. The first-order valence-electron chi connectivity index (χ1n) is 7.51. The Balaban J connectivity index is 1.60. The molecule has 9 heteroatoms. The zero-order valence-electron chi connectivity index (χ0n) is 13.3. The second-order valence-electron chi connectivity index (χ2n) is 5.31. The first-order chi connectivity index (χ1) is 12.4. The van der Waals surface area contributed by atoms with E-state index in [9.17, 15) is 14.7 Å². The Hall–Kier alpha value is -1.87. The van der Waals surface area contributed by atoms with E-state index < -0.39 is 0 Å². The number of nitrogens with zero attached hydrogens (tertiary/aromatic N) is 1. The van der Waals surface area contributed by atoms with Gasteiger partial charge in [-0.2, -0.15) is 0 Å². The number of thiophene rings is 1. The fourth-order valence-corrected chi connectivity index (χ4v) is 4.43. The number of rotatable bonds is 5. The smallest absolute Gasteiger partial charge is 0.266 e. The number of anilines is 1. The molecule has 3 rings (SSSR count). The Labute approximate surface area is 168 Å². The van der Waals surface area contributed by atoms with E-state index in [1.807, 2.05) is 17.5 Å². The van der Waals surface area contributed by atoms with E-state index in [2.05, 4.69) is 5.32 Å². The highest BCUT2D eigenvalue weighted by Gasteiger charge is 2.32. The van der Waals surface area contributed by atoms with E-state index in [1.165, 1.54) is 46.2 Å². The van der Waals surface area contributed by atoms with Gasteiger partial charge >= 0.3 is 0 Å². The molecule has 26 heavy (non-hydrogen) atoms. The Bertz CT molecular complexity index is 897. The second kappa shape index (κ2) is 8.22. The van der Waals surface area contributed by atoms with Crippen molar-refractivity contribution in [3.63, 3.8) is 0 Å². The third-order valence-corrected chi connectivity index (χ3v) is 5.92. The summed E-state index contributed by atoms with van der Waals surface area (Å²) in [6.45, 7) is 0.166. The van der Waals surface area contributed by atoms with Gasteiger partial charge in [-0.05, 0) is 35.7 Å². The summed E-state index contributed by atoms with van der Waals surface area (Å²) < 4.78 is 0.427. The van der Waals surface area contributed by atoms with Gasteiger partial charge in [0.25, 0.3) is 5.91 Å². The summed E-state index contributed by atoms with van der Waals surface area (Å²) in [6, 6.07) is 8.20. The lowest BCUT2D eigenvalue weighted by atomic mass is 10.2. The van der Waals surface area contributed by atoms with E-state index in [4.69, 9.17) is 23.8 Å². The van der Waals surface area contributed by atoms with E-state index >= 15 is 0 Å². The summed E-state index contributed by atoms with van der Waals surface area (Å²) >= 11 is 13.9. The predicted octanol–water partition coefficient (Wildman–Crippen LogP) is 4.34. The van der Waals surface area contributed by atoms with Crippen molar-refractivity contribution < 1.29 is 14.7 Å². The highest BCUT2D eigenvalue weighted by atomic mass is 35.5. The highest BCUT2D eigenvalue weighted by Crippen LogP contribution is 2.33. The van der Waals surface area contributed by atoms with Crippen LogP contribution in [-0.4, -0.2) is 32.7 Å². The molecule has 0 atom stereocenters. The summed E-state index contributed by atoms with van der Waals surface area (Å²) in [6.07, 6.45) is 1.85. The largest absolute Gasteiger partial charge is 0.506 e. The molecule has 2 amide bonds. The van der Waals surface area contributed by atoms with Gasteiger partial charge < -0.3 is 10.4 Å². The minimum Gasteiger partial charge on any atom is -0.506 e. The number of hydrogen-bond donors (Lipinski definition) is 2. The molecule has 0 saturated carbocycles. The van der Waals surface area contributed by atoms with Gasteiger partial charge in [0.2, 0.25) is 5.91 Å². The number of nitrogens with one attached hydrogen (secondary N) is 1. The number of carbonyl (C=O) groups is 2. The van der Waals surface area contributed by atoms with Crippen molar-refractivity contribution in [1.29, 1.82) is 0 Å². The van der Waals surface area contributed by atoms with Crippen LogP contribution in [-0.2, 0) is 9.59 Å². The van der Waals surface area contributed by atoms with Gasteiger partial charge in [0.05, 0.1) is 10.6 Å². The molecule has 0 unspecified atom stereocenters. The lowest BCUT2D eigenvalue weighted by Gasteiger charge is -2.14.